The van der Waals surface area contributed by atoms with Crippen LogP contribution < -0.4 is 10.5 Å². The lowest BCUT2D eigenvalue weighted by Crippen LogP contribution is -2.04. The number of rotatable bonds is 4. The maximum atomic E-state index is 6.05. The summed E-state index contributed by atoms with van der Waals surface area (Å²) in [6.45, 7) is 4.47. The molecule has 2 heterocycles. The minimum absolute atomic E-state index is 0.494. The van der Waals surface area contributed by atoms with Crippen molar-refractivity contribution in [1.82, 2.24) is 14.8 Å². The van der Waals surface area contributed by atoms with Gasteiger partial charge in [0.05, 0.1) is 5.69 Å². The summed E-state index contributed by atoms with van der Waals surface area (Å²) in [6.07, 6.45) is 0. The molecule has 0 spiro atoms. The summed E-state index contributed by atoms with van der Waals surface area (Å²) < 4.78 is 7.69. The third kappa shape index (κ3) is 3.11. The molecule has 2 aromatic heterocycles. The van der Waals surface area contributed by atoms with Crippen LogP contribution >= 0.6 is 0 Å². The highest BCUT2D eigenvalue weighted by Gasteiger charge is 2.10. The second kappa shape index (κ2) is 6.52. The van der Waals surface area contributed by atoms with Gasteiger partial charge in [-0.3, -0.25) is 0 Å². The van der Waals surface area contributed by atoms with Gasteiger partial charge in [0, 0.05) is 11.5 Å². The van der Waals surface area contributed by atoms with E-state index in [0.29, 0.717) is 18.2 Å². The molecule has 2 N–H and O–H groups in total. The molecule has 130 valence electrons. The number of fused-ring (bicyclic) bond motifs is 1. The summed E-state index contributed by atoms with van der Waals surface area (Å²) in [5.74, 6) is 1.98. The number of benzene rings is 2. The Morgan fingerprint density at radius 2 is 1.81 bits per heavy atom. The van der Waals surface area contributed by atoms with E-state index in [1.54, 1.807) is 4.68 Å². The first-order valence-electron chi connectivity index (χ1n) is 8.51. The molecule has 4 aromatic rings. The Balaban J connectivity index is 1.69. The minimum Gasteiger partial charge on any atom is -0.487 e. The number of hydrogen-bond donors (Lipinski definition) is 1. The zero-order chi connectivity index (χ0) is 18.1. The van der Waals surface area contributed by atoms with Crippen LogP contribution in [0.15, 0.2) is 60.7 Å². The van der Waals surface area contributed by atoms with E-state index >= 15 is 0 Å². The van der Waals surface area contributed by atoms with Crippen LogP contribution in [-0.4, -0.2) is 14.8 Å². The fourth-order valence-corrected chi connectivity index (χ4v) is 2.89. The predicted molar refractivity (Wildman–Crippen MR) is 104 cm³/mol. The summed E-state index contributed by atoms with van der Waals surface area (Å²) in [4.78, 5) is 4.74. The topological polar surface area (TPSA) is 66.0 Å². The number of anilines is 1. The number of ether oxygens (including phenoxy) is 1. The molecule has 0 aliphatic carbocycles. The minimum atomic E-state index is 0.494. The fraction of sp³-hybridized carbons (Fsp3) is 0.143. The fourth-order valence-electron chi connectivity index (χ4n) is 2.89. The third-order valence-corrected chi connectivity index (χ3v) is 4.26. The number of nitrogens with two attached hydrogens (primary N) is 1. The van der Waals surface area contributed by atoms with Gasteiger partial charge in [0.25, 0.3) is 0 Å². The monoisotopic (exact) mass is 344 g/mol. The van der Waals surface area contributed by atoms with Crippen molar-refractivity contribution in [2.75, 3.05) is 5.73 Å². The number of nitrogens with zero attached hydrogens (tertiary/aromatic N) is 3. The van der Waals surface area contributed by atoms with E-state index in [0.717, 1.165) is 27.9 Å². The molecule has 0 radical (unpaired) electrons. The van der Waals surface area contributed by atoms with Crippen LogP contribution in [-0.2, 0) is 6.61 Å². The van der Waals surface area contributed by atoms with Gasteiger partial charge in [-0.05, 0) is 37.6 Å². The SMILES string of the molecule is Cc1ccc(COc2cccc3ccc(-n4nc(C)cc4N)nc23)cc1. The lowest BCUT2D eigenvalue weighted by atomic mass is 10.1. The molecule has 0 saturated heterocycles. The first-order valence-corrected chi connectivity index (χ1v) is 8.51. The summed E-state index contributed by atoms with van der Waals surface area (Å²) in [7, 11) is 0. The van der Waals surface area contributed by atoms with E-state index in [1.807, 2.05) is 43.3 Å². The molecule has 0 amide bonds. The van der Waals surface area contributed by atoms with Gasteiger partial charge in [-0.1, -0.05) is 42.0 Å². The third-order valence-electron chi connectivity index (χ3n) is 4.26. The zero-order valence-corrected chi connectivity index (χ0v) is 14.8. The van der Waals surface area contributed by atoms with Crippen molar-refractivity contribution < 1.29 is 4.74 Å². The quantitative estimate of drug-likeness (QED) is 0.602. The highest BCUT2D eigenvalue weighted by molar-refractivity contribution is 5.85. The molecule has 0 aliphatic heterocycles. The lowest BCUT2D eigenvalue weighted by Gasteiger charge is -2.11. The van der Waals surface area contributed by atoms with Gasteiger partial charge in [0.2, 0.25) is 0 Å². The number of hydrogen-bond acceptors (Lipinski definition) is 4. The molecule has 0 bridgehead atoms. The standard InChI is InChI=1S/C21H20N4O/c1-14-6-8-16(9-7-14)13-26-18-5-3-4-17-10-11-20(23-21(17)18)25-19(22)12-15(2)24-25/h3-12H,13,22H2,1-2H3. The van der Waals surface area contributed by atoms with Crippen molar-refractivity contribution in [1.29, 1.82) is 0 Å². The van der Waals surface area contributed by atoms with Crippen molar-refractivity contribution in [3.05, 3.63) is 77.5 Å². The van der Waals surface area contributed by atoms with Crippen LogP contribution in [0.2, 0.25) is 0 Å². The van der Waals surface area contributed by atoms with Crippen LogP contribution in [0, 0.1) is 13.8 Å². The maximum absolute atomic E-state index is 6.05. The van der Waals surface area contributed by atoms with Gasteiger partial charge in [0.15, 0.2) is 5.82 Å². The highest BCUT2D eigenvalue weighted by Crippen LogP contribution is 2.26. The van der Waals surface area contributed by atoms with Crippen molar-refractivity contribution in [3.63, 3.8) is 0 Å². The van der Waals surface area contributed by atoms with E-state index in [1.165, 1.54) is 5.56 Å². The lowest BCUT2D eigenvalue weighted by molar-refractivity contribution is 0.309. The Morgan fingerprint density at radius 1 is 1.00 bits per heavy atom. The number of pyridine rings is 1. The van der Waals surface area contributed by atoms with Gasteiger partial charge < -0.3 is 10.5 Å². The summed E-state index contributed by atoms with van der Waals surface area (Å²) >= 11 is 0. The molecule has 0 aliphatic rings. The Kier molecular flexibility index (Phi) is 4.05. The second-order valence-electron chi connectivity index (χ2n) is 6.39. The molecule has 0 atom stereocenters. The second-order valence-corrected chi connectivity index (χ2v) is 6.39. The van der Waals surface area contributed by atoms with E-state index in [2.05, 4.69) is 36.3 Å². The van der Waals surface area contributed by atoms with Crippen LogP contribution in [0.4, 0.5) is 5.82 Å². The van der Waals surface area contributed by atoms with Crippen molar-refractivity contribution >= 4 is 16.7 Å². The molecule has 4 rings (SSSR count). The van der Waals surface area contributed by atoms with E-state index in [-0.39, 0.29) is 0 Å². The van der Waals surface area contributed by atoms with E-state index in [9.17, 15) is 0 Å². The largest absolute Gasteiger partial charge is 0.487 e. The van der Waals surface area contributed by atoms with Gasteiger partial charge in [-0.15, -0.1) is 0 Å². The molecular formula is C21H20N4O. The average Bonchev–Trinajstić information content (AvgIpc) is 2.99. The van der Waals surface area contributed by atoms with Crippen LogP contribution in [0.3, 0.4) is 0 Å². The average molecular weight is 344 g/mol. The first-order chi connectivity index (χ1) is 12.6. The summed E-state index contributed by atoms with van der Waals surface area (Å²) in [5, 5.41) is 5.42. The molecule has 26 heavy (non-hydrogen) atoms. The van der Waals surface area contributed by atoms with Gasteiger partial charge >= 0.3 is 0 Å². The number of aryl methyl sites for hydroxylation is 2. The van der Waals surface area contributed by atoms with Crippen LogP contribution in [0.1, 0.15) is 16.8 Å². The zero-order valence-electron chi connectivity index (χ0n) is 14.8. The normalized spacial score (nSPS) is 11.0. The summed E-state index contributed by atoms with van der Waals surface area (Å²) in [6, 6.07) is 20.0. The molecular weight excluding hydrogens is 324 g/mol. The van der Waals surface area contributed by atoms with E-state index < -0.39 is 0 Å². The van der Waals surface area contributed by atoms with Crippen molar-refractivity contribution in [2.24, 2.45) is 0 Å². The predicted octanol–water partition coefficient (Wildman–Crippen LogP) is 4.20. The van der Waals surface area contributed by atoms with Crippen molar-refractivity contribution in [2.45, 2.75) is 20.5 Å². The molecule has 5 heteroatoms. The van der Waals surface area contributed by atoms with Crippen molar-refractivity contribution in [3.8, 4) is 11.6 Å². The number of aromatic nitrogens is 3. The van der Waals surface area contributed by atoms with E-state index in [4.69, 9.17) is 15.5 Å². The highest BCUT2D eigenvalue weighted by atomic mass is 16.5. The first kappa shape index (κ1) is 16.1. The smallest absolute Gasteiger partial charge is 0.156 e. The Hall–Kier alpha value is -3.34. The Bertz CT molecular complexity index is 1070. The number of para-hydroxylation sites is 1. The van der Waals surface area contributed by atoms with Crippen LogP contribution in [0.25, 0.3) is 16.7 Å². The van der Waals surface area contributed by atoms with Crippen LogP contribution in [0.5, 0.6) is 5.75 Å². The molecule has 0 saturated carbocycles. The number of nitrogen functional groups attached to an aromatic ring is 1. The van der Waals surface area contributed by atoms with Gasteiger partial charge in [-0.2, -0.15) is 9.78 Å². The van der Waals surface area contributed by atoms with Gasteiger partial charge in [-0.25, -0.2) is 4.98 Å². The molecule has 0 fully saturated rings. The Labute approximate surface area is 152 Å². The maximum Gasteiger partial charge on any atom is 0.156 e. The molecule has 5 nitrogen and oxygen atoms in total. The Morgan fingerprint density at radius 3 is 2.54 bits per heavy atom. The van der Waals surface area contributed by atoms with Gasteiger partial charge in [0.1, 0.15) is 23.7 Å². The molecule has 2 aromatic carbocycles. The summed E-state index contributed by atoms with van der Waals surface area (Å²) in [5.41, 5.74) is 10.0. The molecule has 0 unspecified atom stereocenters.